The fourth-order valence-electron chi connectivity index (χ4n) is 1.48. The van der Waals surface area contributed by atoms with E-state index in [0.29, 0.717) is 0 Å². The zero-order valence-corrected chi connectivity index (χ0v) is 8.68. The number of carbonyl (C=O) groups is 1. The summed E-state index contributed by atoms with van der Waals surface area (Å²) in [7, 11) is 1.41. The Kier molecular flexibility index (Phi) is 8.30. The highest BCUT2D eigenvalue weighted by atomic mass is 35.5. The number of methoxy groups -OCH3 is 1. The molecule has 0 radical (unpaired) electrons. The lowest BCUT2D eigenvalue weighted by Crippen LogP contribution is -2.24. The maximum Gasteiger partial charge on any atom is 0.308 e. The van der Waals surface area contributed by atoms with Gasteiger partial charge in [-0.1, -0.05) is 0 Å². The largest absolute Gasteiger partial charge is 0.469 e. The quantitative estimate of drug-likeness (QED) is 0.641. The van der Waals surface area contributed by atoms with E-state index in [1.54, 1.807) is 0 Å². The molecule has 0 aromatic carbocycles. The van der Waals surface area contributed by atoms with Crippen LogP contribution in [0.15, 0.2) is 0 Å². The van der Waals surface area contributed by atoms with E-state index >= 15 is 0 Å². The van der Waals surface area contributed by atoms with Gasteiger partial charge in [-0.15, -0.1) is 12.4 Å². The minimum Gasteiger partial charge on any atom is -0.469 e. The number of rotatable bonds is 1. The zero-order chi connectivity index (χ0) is 8.27. The molecule has 1 rings (SSSR count). The lowest BCUT2D eigenvalue weighted by Gasteiger charge is -2.22. The predicted molar refractivity (Wildman–Crippen MR) is 52.3 cm³/mol. The molecule has 0 atom stereocenters. The van der Waals surface area contributed by atoms with Crippen molar-refractivity contribution in [3.8, 4) is 0 Å². The first-order valence-electron chi connectivity index (χ1n) is 4.00. The third-order valence-electron chi connectivity index (χ3n) is 2.23. The molecular formula is C8H18ClNO3. The zero-order valence-electron chi connectivity index (χ0n) is 7.86. The van der Waals surface area contributed by atoms with Gasteiger partial charge in [0.2, 0.25) is 0 Å². The van der Waals surface area contributed by atoms with Gasteiger partial charge in [-0.2, -0.15) is 0 Å². The molecule has 4 N–H and O–H groups in total. The highest BCUT2D eigenvalue weighted by Crippen LogP contribution is 2.24. The van der Waals surface area contributed by atoms with E-state index < -0.39 is 0 Å². The summed E-state index contributed by atoms with van der Waals surface area (Å²) in [5.74, 6) is -0.0969. The molecular weight excluding hydrogens is 194 g/mol. The van der Waals surface area contributed by atoms with Gasteiger partial charge in [-0.05, 0) is 25.7 Å². The predicted octanol–water partition coefficient (Wildman–Crippen LogP) is 1.29. The first-order chi connectivity index (χ1) is 5.24. The summed E-state index contributed by atoms with van der Waals surface area (Å²) in [5, 5.41) is 9.13. The van der Waals surface area contributed by atoms with Crippen LogP contribution < -0.4 is 6.15 Å². The number of hydrogen-bond donors (Lipinski definition) is 2. The molecule has 0 amide bonds. The summed E-state index contributed by atoms with van der Waals surface area (Å²) in [4.78, 5) is 11.0. The maximum atomic E-state index is 11.0. The van der Waals surface area contributed by atoms with Gasteiger partial charge in [0.1, 0.15) is 0 Å². The van der Waals surface area contributed by atoms with Crippen molar-refractivity contribution in [1.29, 1.82) is 0 Å². The summed E-state index contributed by atoms with van der Waals surface area (Å²) >= 11 is 0. The second-order valence-corrected chi connectivity index (χ2v) is 3.03. The summed E-state index contributed by atoms with van der Waals surface area (Å²) in [6.07, 6.45) is 2.82. The molecule has 0 unspecified atom stereocenters. The molecule has 1 fully saturated rings. The van der Waals surface area contributed by atoms with Gasteiger partial charge in [0.15, 0.2) is 0 Å². The Labute approximate surface area is 84.6 Å². The molecule has 0 aromatic heterocycles. The van der Waals surface area contributed by atoms with Gasteiger partial charge < -0.3 is 16.0 Å². The Morgan fingerprint density at radius 3 is 2.15 bits per heavy atom. The topological polar surface area (TPSA) is 81.5 Å². The summed E-state index contributed by atoms with van der Waals surface area (Å²) < 4.78 is 4.60. The number of hydrogen-bond acceptors (Lipinski definition) is 4. The fraction of sp³-hybridized carbons (Fsp3) is 0.875. The molecule has 1 aliphatic rings. The van der Waals surface area contributed by atoms with Crippen LogP contribution in [-0.4, -0.2) is 24.3 Å². The van der Waals surface area contributed by atoms with Crippen molar-refractivity contribution in [3.05, 3.63) is 0 Å². The molecule has 0 bridgehead atoms. The van der Waals surface area contributed by atoms with Crippen LogP contribution in [0.25, 0.3) is 0 Å². The molecule has 80 valence electrons. The highest BCUT2D eigenvalue weighted by molar-refractivity contribution is 5.85. The van der Waals surface area contributed by atoms with E-state index in [4.69, 9.17) is 5.11 Å². The van der Waals surface area contributed by atoms with Crippen LogP contribution in [-0.2, 0) is 9.53 Å². The molecule has 0 aromatic rings. The number of ether oxygens (including phenoxy) is 1. The Morgan fingerprint density at radius 1 is 1.31 bits per heavy atom. The first-order valence-corrected chi connectivity index (χ1v) is 4.00. The third kappa shape index (κ3) is 4.45. The Bertz CT molecular complexity index is 146. The highest BCUT2D eigenvalue weighted by Gasteiger charge is 2.25. The van der Waals surface area contributed by atoms with Crippen LogP contribution in [0.3, 0.4) is 0 Å². The Morgan fingerprint density at radius 2 is 1.77 bits per heavy atom. The molecule has 1 saturated carbocycles. The molecule has 13 heavy (non-hydrogen) atoms. The number of carbonyl (C=O) groups excluding carboxylic acids is 1. The molecule has 5 heteroatoms. The second-order valence-electron chi connectivity index (χ2n) is 3.03. The molecule has 0 heterocycles. The van der Waals surface area contributed by atoms with Gasteiger partial charge in [0.25, 0.3) is 0 Å². The normalized spacial score (nSPS) is 26.6. The standard InChI is InChI=1S/C8H14O3.ClH.H3N/c1-11-8(10)6-2-4-7(9)5-3-6;;/h6-7,9H,2-5H2,1H3;1H;1H3. The van der Waals surface area contributed by atoms with E-state index in [0.717, 1.165) is 25.7 Å². The molecule has 4 nitrogen and oxygen atoms in total. The summed E-state index contributed by atoms with van der Waals surface area (Å²) in [6, 6.07) is 0. The average Bonchev–Trinajstić information content (AvgIpc) is 2.05. The smallest absolute Gasteiger partial charge is 0.308 e. The van der Waals surface area contributed by atoms with Gasteiger partial charge in [0.05, 0.1) is 19.1 Å². The van der Waals surface area contributed by atoms with Crippen molar-refractivity contribution in [2.75, 3.05) is 7.11 Å². The number of halogens is 1. The van der Waals surface area contributed by atoms with E-state index in [1.165, 1.54) is 7.11 Å². The van der Waals surface area contributed by atoms with Crippen LogP contribution >= 0.6 is 12.4 Å². The molecule has 0 spiro atoms. The SMILES string of the molecule is COC(=O)C1CCC(O)CC1.Cl.N. The van der Waals surface area contributed by atoms with Crippen LogP contribution in [0.2, 0.25) is 0 Å². The second kappa shape index (κ2) is 7.12. The molecule has 1 aliphatic carbocycles. The van der Waals surface area contributed by atoms with Crippen LogP contribution in [0.5, 0.6) is 0 Å². The monoisotopic (exact) mass is 211 g/mol. The summed E-state index contributed by atoms with van der Waals surface area (Å²) in [6.45, 7) is 0. The number of esters is 1. The van der Waals surface area contributed by atoms with Gasteiger partial charge >= 0.3 is 5.97 Å². The van der Waals surface area contributed by atoms with E-state index in [1.807, 2.05) is 0 Å². The van der Waals surface area contributed by atoms with Crippen LogP contribution in [0, 0.1) is 5.92 Å². The minimum absolute atomic E-state index is 0. The lowest BCUT2D eigenvalue weighted by atomic mass is 9.88. The lowest BCUT2D eigenvalue weighted by molar-refractivity contribution is -0.147. The maximum absolute atomic E-state index is 11.0. The third-order valence-corrected chi connectivity index (χ3v) is 2.23. The molecule has 0 aliphatic heterocycles. The fourth-order valence-corrected chi connectivity index (χ4v) is 1.48. The Balaban J connectivity index is 0. The number of aliphatic hydroxyl groups is 1. The first kappa shape index (κ1) is 15.2. The van der Waals surface area contributed by atoms with Crippen molar-refractivity contribution in [1.82, 2.24) is 6.15 Å². The van der Waals surface area contributed by atoms with Crippen LogP contribution in [0.4, 0.5) is 0 Å². The average molecular weight is 212 g/mol. The van der Waals surface area contributed by atoms with Gasteiger partial charge in [0, 0.05) is 0 Å². The van der Waals surface area contributed by atoms with Crippen molar-refractivity contribution in [2.24, 2.45) is 5.92 Å². The molecule has 0 saturated heterocycles. The minimum atomic E-state index is -0.198. The van der Waals surface area contributed by atoms with Crippen molar-refractivity contribution in [3.63, 3.8) is 0 Å². The van der Waals surface area contributed by atoms with Crippen LogP contribution in [0.1, 0.15) is 25.7 Å². The summed E-state index contributed by atoms with van der Waals surface area (Å²) in [5.41, 5.74) is 0. The van der Waals surface area contributed by atoms with Crippen molar-refractivity contribution in [2.45, 2.75) is 31.8 Å². The van der Waals surface area contributed by atoms with E-state index in [-0.39, 0.29) is 36.5 Å². The van der Waals surface area contributed by atoms with Gasteiger partial charge in [-0.3, -0.25) is 4.79 Å². The van der Waals surface area contributed by atoms with Crippen molar-refractivity contribution >= 4 is 18.4 Å². The van der Waals surface area contributed by atoms with Gasteiger partial charge in [-0.25, -0.2) is 0 Å². The number of aliphatic hydroxyl groups excluding tert-OH is 1. The van der Waals surface area contributed by atoms with E-state index in [2.05, 4.69) is 4.74 Å². The Hall–Kier alpha value is -0.320. The van der Waals surface area contributed by atoms with E-state index in [9.17, 15) is 4.79 Å². The van der Waals surface area contributed by atoms with Crippen molar-refractivity contribution < 1.29 is 14.6 Å².